The Kier molecular flexibility index (Phi) is 3.24. The topological polar surface area (TPSA) is 110 Å². The molecule has 0 aliphatic carbocycles. The fraction of sp³-hybridized carbons (Fsp3) is 1.00. The molecule has 5 N–H and O–H groups in total. The molecule has 1 fully saturated rings. The molecule has 0 aromatic heterocycles. The van der Waals surface area contributed by atoms with E-state index in [0.29, 0.717) is 0 Å². The van der Waals surface area contributed by atoms with E-state index in [4.69, 9.17) is 9.84 Å². The third-order valence-electron chi connectivity index (χ3n) is 2.04. The Morgan fingerprint density at radius 3 is 2.23 bits per heavy atom. The lowest BCUT2D eigenvalue weighted by Gasteiger charge is -2.43. The molecule has 1 aliphatic rings. The first kappa shape index (κ1) is 11.3. The maximum absolute atomic E-state index is 9.40. The predicted molar refractivity (Wildman–Crippen MR) is 44.6 cm³/mol. The Balaban J connectivity index is 2.82. The molecular weight excluding hydrogens is 199 g/mol. The van der Waals surface area contributed by atoms with Crippen molar-refractivity contribution in [3.05, 3.63) is 0 Å². The minimum absolute atomic E-state index is 0.858. The van der Waals surface area contributed by atoms with Gasteiger partial charge in [0.2, 0.25) is 5.79 Å². The average molecular weight is 212 g/mol. The molecule has 0 amide bonds. The van der Waals surface area contributed by atoms with Crippen molar-refractivity contribution in [2.75, 3.05) is 6.61 Å². The van der Waals surface area contributed by atoms with Gasteiger partial charge in [0.25, 0.3) is 0 Å². The van der Waals surface area contributed by atoms with Gasteiger partial charge in [-0.15, -0.1) is 9.24 Å². The molecule has 1 rings (SSSR count). The Hall–Kier alpha value is 0.190. The number of hydrogen-bond donors (Lipinski definition) is 5. The van der Waals surface area contributed by atoms with Gasteiger partial charge in [0.15, 0.2) is 0 Å². The molecular formula is C6H13O6P. The number of aliphatic hydroxyl groups excluding tert-OH is 4. The first-order chi connectivity index (χ1) is 5.92. The largest absolute Gasteiger partial charge is 0.391 e. The van der Waals surface area contributed by atoms with Crippen molar-refractivity contribution in [3.63, 3.8) is 0 Å². The molecule has 78 valence electrons. The highest BCUT2D eigenvalue weighted by Crippen LogP contribution is 2.30. The van der Waals surface area contributed by atoms with Gasteiger partial charge in [-0.1, -0.05) is 0 Å². The van der Waals surface area contributed by atoms with E-state index in [1.807, 2.05) is 9.24 Å². The van der Waals surface area contributed by atoms with Crippen LogP contribution in [0.15, 0.2) is 0 Å². The third-order valence-corrected chi connectivity index (χ3v) is 2.57. The van der Waals surface area contributed by atoms with Crippen LogP contribution in [-0.2, 0) is 4.74 Å². The average Bonchev–Trinajstić information content (AvgIpc) is 2.12. The number of rotatable bonds is 1. The lowest BCUT2D eigenvalue weighted by Crippen LogP contribution is -2.64. The first-order valence-electron chi connectivity index (χ1n) is 3.73. The van der Waals surface area contributed by atoms with Crippen LogP contribution in [-0.4, -0.2) is 62.1 Å². The van der Waals surface area contributed by atoms with Crippen molar-refractivity contribution in [1.29, 1.82) is 0 Å². The van der Waals surface area contributed by atoms with Gasteiger partial charge in [0.05, 0.1) is 6.61 Å². The van der Waals surface area contributed by atoms with Crippen molar-refractivity contribution in [3.8, 4) is 0 Å². The summed E-state index contributed by atoms with van der Waals surface area (Å²) in [5, 5.41) is 45.8. The van der Waals surface area contributed by atoms with E-state index >= 15 is 0 Å². The summed E-state index contributed by atoms with van der Waals surface area (Å²) in [6.45, 7) is -0.858. The van der Waals surface area contributed by atoms with Crippen molar-refractivity contribution in [2.24, 2.45) is 0 Å². The minimum Gasteiger partial charge on any atom is -0.391 e. The molecule has 6 nitrogen and oxygen atoms in total. The second kappa shape index (κ2) is 3.74. The van der Waals surface area contributed by atoms with Crippen LogP contribution < -0.4 is 0 Å². The molecule has 0 spiro atoms. The standard InChI is InChI=1S/C6H13O6P/c7-1-6(11)4(10)2(8)3(9)5(13)12-6/h2-5,7-11H,1,13H2/t2-,3+,4+,5?,6+/m1/s1. The van der Waals surface area contributed by atoms with Gasteiger partial charge in [-0.25, -0.2) is 0 Å². The first-order valence-corrected chi connectivity index (χ1v) is 4.40. The second-order valence-electron chi connectivity index (χ2n) is 3.01. The zero-order valence-electron chi connectivity index (χ0n) is 6.74. The lowest BCUT2D eigenvalue weighted by molar-refractivity contribution is -0.339. The Morgan fingerprint density at radius 1 is 1.23 bits per heavy atom. The Labute approximate surface area is 77.0 Å². The molecule has 0 radical (unpaired) electrons. The third kappa shape index (κ3) is 1.85. The number of ether oxygens (including phenoxy) is 1. The summed E-state index contributed by atoms with van der Waals surface area (Å²) in [4.78, 5) is 0. The van der Waals surface area contributed by atoms with Gasteiger partial charge in [-0.2, -0.15) is 0 Å². The van der Waals surface area contributed by atoms with Gasteiger partial charge < -0.3 is 30.3 Å². The fourth-order valence-electron chi connectivity index (χ4n) is 1.15. The lowest BCUT2D eigenvalue weighted by atomic mass is 9.97. The number of hydrogen-bond acceptors (Lipinski definition) is 6. The zero-order valence-corrected chi connectivity index (χ0v) is 7.89. The van der Waals surface area contributed by atoms with E-state index in [9.17, 15) is 20.4 Å². The molecule has 1 saturated heterocycles. The summed E-state index contributed by atoms with van der Waals surface area (Å²) in [6, 6.07) is 0. The van der Waals surface area contributed by atoms with E-state index in [1.165, 1.54) is 0 Å². The molecule has 0 bridgehead atoms. The zero-order chi connectivity index (χ0) is 10.2. The SMILES string of the molecule is OC[C@]1(O)OC(P)[C@@H](O)[C@@H](O)[C@@H]1O. The summed E-state index contributed by atoms with van der Waals surface area (Å²) in [5.74, 6) is -3.15. The van der Waals surface area contributed by atoms with E-state index in [1.54, 1.807) is 0 Å². The molecule has 13 heavy (non-hydrogen) atoms. The number of aliphatic hydroxyl groups is 5. The molecule has 6 atom stereocenters. The molecule has 0 aromatic carbocycles. The quantitative estimate of drug-likeness (QED) is 0.296. The van der Waals surface area contributed by atoms with Crippen LogP contribution in [0.5, 0.6) is 0 Å². The van der Waals surface area contributed by atoms with Crippen LogP contribution >= 0.6 is 9.24 Å². The van der Waals surface area contributed by atoms with E-state index in [0.717, 1.165) is 0 Å². The molecule has 1 heterocycles. The van der Waals surface area contributed by atoms with Crippen molar-refractivity contribution in [2.45, 2.75) is 29.9 Å². The van der Waals surface area contributed by atoms with Crippen LogP contribution in [0.3, 0.4) is 0 Å². The monoisotopic (exact) mass is 212 g/mol. The van der Waals surface area contributed by atoms with E-state index < -0.39 is 36.6 Å². The molecule has 0 aromatic rings. The predicted octanol–water partition coefficient (Wildman–Crippen LogP) is -3.02. The van der Waals surface area contributed by atoms with Crippen molar-refractivity contribution >= 4 is 9.24 Å². The Morgan fingerprint density at radius 2 is 1.77 bits per heavy atom. The van der Waals surface area contributed by atoms with Crippen molar-refractivity contribution in [1.82, 2.24) is 0 Å². The highest BCUT2D eigenvalue weighted by Gasteiger charge is 2.51. The van der Waals surface area contributed by atoms with Gasteiger partial charge in [0.1, 0.15) is 24.2 Å². The normalized spacial score (nSPS) is 52.2. The smallest absolute Gasteiger partial charge is 0.219 e. The summed E-state index contributed by atoms with van der Waals surface area (Å²) in [5.41, 5.74) is 0. The molecule has 2 unspecified atom stereocenters. The summed E-state index contributed by atoms with van der Waals surface area (Å²) >= 11 is 0. The fourth-order valence-corrected chi connectivity index (χ4v) is 1.62. The van der Waals surface area contributed by atoms with Crippen LogP contribution in [0.2, 0.25) is 0 Å². The molecule has 1 aliphatic heterocycles. The van der Waals surface area contributed by atoms with Gasteiger partial charge >= 0.3 is 0 Å². The minimum atomic E-state index is -2.22. The Bertz CT molecular complexity index is 190. The van der Waals surface area contributed by atoms with Crippen LogP contribution in [0.1, 0.15) is 0 Å². The second-order valence-corrected chi connectivity index (χ2v) is 3.67. The highest BCUT2D eigenvalue weighted by atomic mass is 31.0. The summed E-state index contributed by atoms with van der Waals surface area (Å²) in [7, 11) is 2.04. The molecule has 0 saturated carbocycles. The van der Waals surface area contributed by atoms with Crippen molar-refractivity contribution < 1.29 is 30.3 Å². The van der Waals surface area contributed by atoms with Crippen LogP contribution in [0, 0.1) is 0 Å². The van der Waals surface area contributed by atoms with E-state index in [-0.39, 0.29) is 0 Å². The van der Waals surface area contributed by atoms with Gasteiger partial charge in [0, 0.05) is 0 Å². The maximum atomic E-state index is 9.40. The summed E-state index contributed by atoms with van der Waals surface area (Å²) < 4.78 is 4.73. The van der Waals surface area contributed by atoms with Crippen LogP contribution in [0.4, 0.5) is 0 Å². The van der Waals surface area contributed by atoms with Gasteiger partial charge in [-0.3, -0.25) is 0 Å². The highest BCUT2D eigenvalue weighted by molar-refractivity contribution is 7.17. The van der Waals surface area contributed by atoms with E-state index in [2.05, 4.69) is 0 Å². The molecule has 7 heteroatoms. The maximum Gasteiger partial charge on any atom is 0.219 e. The van der Waals surface area contributed by atoms with Gasteiger partial charge in [-0.05, 0) is 0 Å². The summed E-state index contributed by atoms with van der Waals surface area (Å²) in [6.07, 6.45) is -4.59. The van der Waals surface area contributed by atoms with Crippen LogP contribution in [0.25, 0.3) is 0 Å².